The minimum Gasteiger partial charge on any atom is -0.465 e. The Bertz CT molecular complexity index is 588. The van der Waals surface area contributed by atoms with Crippen LogP contribution in [0.15, 0.2) is 42.0 Å². The molecule has 0 aliphatic carbocycles. The summed E-state index contributed by atoms with van der Waals surface area (Å²) < 4.78 is 23.7. The summed E-state index contributed by atoms with van der Waals surface area (Å²) in [5.41, 5.74) is 0.791. The topological polar surface area (TPSA) is 84.9 Å². The normalized spacial score (nSPS) is 15.4. The van der Waals surface area contributed by atoms with Gasteiger partial charge < -0.3 is 14.4 Å². The lowest BCUT2D eigenvalue weighted by Gasteiger charge is -2.23. The number of allylic oxidation sites excluding steroid dienone is 1. The van der Waals surface area contributed by atoms with Crippen molar-refractivity contribution in [3.8, 4) is 5.75 Å². The molecule has 0 aliphatic heterocycles. The molecule has 6 nitrogen and oxygen atoms in total. The Hall–Kier alpha value is -1.62. The van der Waals surface area contributed by atoms with E-state index in [1.165, 1.54) is 0 Å². The van der Waals surface area contributed by atoms with Crippen molar-refractivity contribution in [1.82, 2.24) is 5.09 Å². The number of aliphatic hydroxyl groups excluding tert-OH is 1. The van der Waals surface area contributed by atoms with Crippen molar-refractivity contribution in [2.24, 2.45) is 0 Å². The molecule has 0 amide bonds. The number of esters is 1. The summed E-state index contributed by atoms with van der Waals surface area (Å²) in [5, 5.41) is 11.8. The number of carbonyl (C=O) groups excluding carboxylic acids is 1. The summed E-state index contributed by atoms with van der Waals surface area (Å²) in [6.45, 7) is 5.31. The molecule has 0 heterocycles. The van der Waals surface area contributed by atoms with Crippen LogP contribution in [0.4, 0.5) is 0 Å². The molecule has 1 aromatic carbocycles. The number of rotatable bonds is 10. The van der Waals surface area contributed by atoms with Crippen molar-refractivity contribution in [2.45, 2.75) is 33.2 Å². The summed E-state index contributed by atoms with van der Waals surface area (Å²) in [5.74, 6) is -0.0104. The lowest BCUT2D eigenvalue weighted by molar-refractivity contribution is -0.144. The van der Waals surface area contributed by atoms with Gasteiger partial charge in [-0.2, -0.15) is 0 Å². The SMILES string of the molecule is CCOC(=O)[C@@H](C)N[P@](=O)(CC/C=C(\C)CO)Oc1ccccc1. The number of hydrogen-bond donors (Lipinski definition) is 2. The van der Waals surface area contributed by atoms with Crippen LogP contribution in [0, 0.1) is 0 Å². The van der Waals surface area contributed by atoms with Gasteiger partial charge in [0.1, 0.15) is 11.8 Å². The summed E-state index contributed by atoms with van der Waals surface area (Å²) in [7, 11) is -3.32. The van der Waals surface area contributed by atoms with Crippen LogP contribution in [-0.2, 0) is 14.1 Å². The number of carbonyl (C=O) groups is 1. The van der Waals surface area contributed by atoms with Crippen LogP contribution in [0.5, 0.6) is 5.75 Å². The largest absolute Gasteiger partial charge is 0.465 e. The van der Waals surface area contributed by atoms with E-state index in [9.17, 15) is 9.36 Å². The molecular weight excluding hydrogens is 329 g/mol. The number of aliphatic hydroxyl groups is 1. The summed E-state index contributed by atoms with van der Waals surface area (Å²) in [4.78, 5) is 11.8. The molecule has 0 unspecified atom stereocenters. The van der Waals surface area contributed by atoms with E-state index in [0.717, 1.165) is 5.57 Å². The number of para-hydroxylation sites is 1. The average molecular weight is 355 g/mol. The fourth-order valence-electron chi connectivity index (χ4n) is 1.95. The maximum atomic E-state index is 13.1. The van der Waals surface area contributed by atoms with Gasteiger partial charge in [0.2, 0.25) is 0 Å². The highest BCUT2D eigenvalue weighted by Gasteiger charge is 2.29. The molecule has 2 atom stereocenters. The van der Waals surface area contributed by atoms with E-state index in [1.54, 1.807) is 51.1 Å². The predicted molar refractivity (Wildman–Crippen MR) is 94.2 cm³/mol. The average Bonchev–Trinajstić information content (AvgIpc) is 2.55. The summed E-state index contributed by atoms with van der Waals surface area (Å²) in [6.07, 6.45) is 2.46. The molecule has 1 rings (SSSR count). The minimum absolute atomic E-state index is 0.0451. The number of hydrogen-bond acceptors (Lipinski definition) is 5. The van der Waals surface area contributed by atoms with Crippen molar-refractivity contribution in [1.29, 1.82) is 0 Å². The third-order valence-corrected chi connectivity index (χ3v) is 5.33. The van der Waals surface area contributed by atoms with Crippen LogP contribution >= 0.6 is 7.52 Å². The van der Waals surface area contributed by atoms with Gasteiger partial charge in [0.15, 0.2) is 0 Å². The fourth-order valence-corrected chi connectivity index (χ4v) is 3.85. The van der Waals surface area contributed by atoms with E-state index >= 15 is 0 Å². The molecule has 0 bridgehead atoms. The molecule has 0 aromatic heterocycles. The Labute approximate surface area is 143 Å². The molecule has 0 saturated carbocycles. The van der Waals surface area contributed by atoms with Crippen molar-refractivity contribution in [3.63, 3.8) is 0 Å². The highest BCUT2D eigenvalue weighted by atomic mass is 31.2. The van der Waals surface area contributed by atoms with Crippen LogP contribution < -0.4 is 9.61 Å². The van der Waals surface area contributed by atoms with Crippen molar-refractivity contribution < 1.29 is 23.7 Å². The Morgan fingerprint density at radius 2 is 2.04 bits per heavy atom. The number of benzene rings is 1. The second-order valence-electron chi connectivity index (χ2n) is 5.40. The zero-order valence-electron chi connectivity index (χ0n) is 14.4. The number of nitrogens with one attached hydrogen (secondary N) is 1. The standard InChI is InChI=1S/C17H26NO5P/c1-4-22-17(20)15(3)18-24(21,12-8-9-14(2)13-19)23-16-10-6-5-7-11-16/h5-7,9-11,15,19H,4,8,12-13H2,1-3H3,(H,18,21)/b14-9+/t15-,24+/m1/s1. The molecule has 134 valence electrons. The fraction of sp³-hybridized carbons (Fsp3) is 0.471. The molecule has 1 aromatic rings. The van der Waals surface area contributed by atoms with Crippen molar-refractivity contribution in [3.05, 3.63) is 42.0 Å². The first-order chi connectivity index (χ1) is 11.4. The predicted octanol–water partition coefficient (Wildman–Crippen LogP) is 3.13. The monoisotopic (exact) mass is 355 g/mol. The summed E-state index contributed by atoms with van der Waals surface area (Å²) in [6, 6.07) is 8.06. The van der Waals surface area contributed by atoms with Gasteiger partial charge in [0.05, 0.1) is 19.4 Å². The van der Waals surface area contributed by atoms with E-state index in [-0.39, 0.29) is 19.4 Å². The quantitative estimate of drug-likeness (QED) is 0.381. The van der Waals surface area contributed by atoms with Gasteiger partial charge in [-0.05, 0) is 39.3 Å². The third kappa shape index (κ3) is 7.30. The van der Waals surface area contributed by atoms with Gasteiger partial charge in [0.25, 0.3) is 0 Å². The van der Waals surface area contributed by atoms with E-state index in [1.807, 2.05) is 6.07 Å². The van der Waals surface area contributed by atoms with Crippen LogP contribution in [0.25, 0.3) is 0 Å². The Morgan fingerprint density at radius 1 is 1.38 bits per heavy atom. The molecular formula is C17H26NO5P. The lowest BCUT2D eigenvalue weighted by atomic mass is 10.3. The second-order valence-corrected chi connectivity index (χ2v) is 7.64. The molecule has 0 saturated heterocycles. The highest BCUT2D eigenvalue weighted by Crippen LogP contribution is 2.44. The van der Waals surface area contributed by atoms with E-state index in [4.69, 9.17) is 14.4 Å². The highest BCUT2D eigenvalue weighted by molar-refractivity contribution is 7.57. The minimum atomic E-state index is -3.32. The molecule has 0 spiro atoms. The van der Waals surface area contributed by atoms with Crippen molar-refractivity contribution in [2.75, 3.05) is 19.4 Å². The Morgan fingerprint density at radius 3 is 2.62 bits per heavy atom. The van der Waals surface area contributed by atoms with Gasteiger partial charge in [0, 0.05) is 0 Å². The van der Waals surface area contributed by atoms with Gasteiger partial charge >= 0.3 is 13.5 Å². The maximum Gasteiger partial charge on any atom is 0.323 e. The van der Waals surface area contributed by atoms with Crippen molar-refractivity contribution >= 4 is 13.5 Å². The van der Waals surface area contributed by atoms with Crippen LogP contribution in [0.1, 0.15) is 27.2 Å². The molecule has 7 heteroatoms. The van der Waals surface area contributed by atoms with Gasteiger partial charge in [-0.3, -0.25) is 9.36 Å². The van der Waals surface area contributed by atoms with Crippen LogP contribution in [0.3, 0.4) is 0 Å². The third-order valence-electron chi connectivity index (χ3n) is 3.19. The van der Waals surface area contributed by atoms with E-state index < -0.39 is 19.5 Å². The number of ether oxygens (including phenoxy) is 1. The van der Waals surface area contributed by atoms with Gasteiger partial charge in [-0.25, -0.2) is 5.09 Å². The first kappa shape index (κ1) is 20.4. The van der Waals surface area contributed by atoms with Gasteiger partial charge in [-0.1, -0.05) is 29.8 Å². The molecule has 0 radical (unpaired) electrons. The first-order valence-electron chi connectivity index (χ1n) is 7.95. The Kier molecular flexibility index (Phi) is 8.76. The van der Waals surface area contributed by atoms with Crippen LogP contribution in [0.2, 0.25) is 0 Å². The zero-order chi connectivity index (χ0) is 18.0. The second kappa shape index (κ2) is 10.3. The van der Waals surface area contributed by atoms with E-state index in [2.05, 4.69) is 5.09 Å². The maximum absolute atomic E-state index is 13.1. The van der Waals surface area contributed by atoms with Gasteiger partial charge in [-0.15, -0.1) is 0 Å². The van der Waals surface area contributed by atoms with E-state index in [0.29, 0.717) is 12.2 Å². The molecule has 0 fully saturated rings. The molecule has 2 N–H and O–H groups in total. The first-order valence-corrected chi connectivity index (χ1v) is 9.76. The smallest absolute Gasteiger partial charge is 0.323 e. The molecule has 0 aliphatic rings. The Balaban J connectivity index is 2.85. The lowest BCUT2D eigenvalue weighted by Crippen LogP contribution is -2.35. The molecule has 24 heavy (non-hydrogen) atoms. The van der Waals surface area contributed by atoms with Crippen LogP contribution in [-0.4, -0.2) is 36.5 Å². The summed E-state index contributed by atoms with van der Waals surface area (Å²) >= 11 is 0. The zero-order valence-corrected chi connectivity index (χ0v) is 15.3.